The first-order chi connectivity index (χ1) is 6.18. The van der Waals surface area contributed by atoms with Crippen LogP contribution in [0.3, 0.4) is 0 Å². The molecule has 0 unspecified atom stereocenters. The first-order valence-corrected chi connectivity index (χ1v) is 4.07. The fourth-order valence-electron chi connectivity index (χ4n) is 0.774. The van der Waals surface area contributed by atoms with Crippen LogP contribution in [0.2, 0.25) is 0 Å². The van der Waals surface area contributed by atoms with Crippen LogP contribution in [0, 0.1) is 4.91 Å². The number of carboxylic acid groups (broad SMARTS) is 1. The van der Waals surface area contributed by atoms with Gasteiger partial charge in [0.1, 0.15) is 0 Å². The van der Waals surface area contributed by atoms with Crippen LogP contribution in [0.15, 0.2) is 5.34 Å². The van der Waals surface area contributed by atoms with Crippen molar-refractivity contribution >= 4 is 5.97 Å². The van der Waals surface area contributed by atoms with E-state index in [-0.39, 0.29) is 0 Å². The molecule has 13 heavy (non-hydrogen) atoms. The van der Waals surface area contributed by atoms with Gasteiger partial charge < -0.3 is 16.0 Å². The second-order valence-corrected chi connectivity index (χ2v) is 2.43. The molecule has 0 aromatic carbocycles. The van der Waals surface area contributed by atoms with E-state index >= 15 is 0 Å². The Morgan fingerprint density at radius 2 is 1.69 bits per heavy atom. The lowest BCUT2D eigenvalue weighted by Crippen LogP contribution is -1.98. The smallest absolute Gasteiger partial charge is 0.303 e. The second kappa shape index (κ2) is 13.4. The third-order valence-electron chi connectivity index (χ3n) is 1.34. The van der Waals surface area contributed by atoms with Crippen molar-refractivity contribution < 1.29 is 15.1 Å². The molecule has 6 nitrogen and oxygen atoms in total. The van der Waals surface area contributed by atoms with E-state index in [1.165, 1.54) is 5.34 Å². The zero-order valence-electron chi connectivity index (χ0n) is 7.48. The van der Waals surface area contributed by atoms with Crippen molar-refractivity contribution in [1.82, 2.24) is 0 Å². The molecule has 0 aliphatic heterocycles. The zero-order valence-corrected chi connectivity index (χ0v) is 7.48. The minimum Gasteiger partial charge on any atom is -0.481 e. The van der Waals surface area contributed by atoms with Gasteiger partial charge in [0, 0.05) is 6.42 Å². The number of nitrogens with two attached hydrogens (primary N) is 1. The highest BCUT2D eigenvalue weighted by molar-refractivity contribution is 5.66. The molecular weight excluding hydrogens is 176 g/mol. The molecule has 0 aliphatic rings. The van der Waals surface area contributed by atoms with Crippen LogP contribution in [-0.2, 0) is 4.79 Å². The molecule has 0 heterocycles. The van der Waals surface area contributed by atoms with Crippen molar-refractivity contribution in [3.8, 4) is 0 Å². The summed E-state index contributed by atoms with van der Waals surface area (Å²) in [7, 11) is 0. The maximum Gasteiger partial charge on any atom is 0.303 e. The third-order valence-corrected chi connectivity index (χ3v) is 1.34. The van der Waals surface area contributed by atoms with Crippen molar-refractivity contribution in [2.45, 2.75) is 32.1 Å². The van der Waals surface area contributed by atoms with Gasteiger partial charge in [-0.05, 0) is 19.4 Å². The normalized spacial score (nSPS) is 8.38. The summed E-state index contributed by atoms with van der Waals surface area (Å²) in [6, 6.07) is 0. The second-order valence-electron chi connectivity index (χ2n) is 2.43. The van der Waals surface area contributed by atoms with Crippen molar-refractivity contribution in [1.29, 1.82) is 0 Å². The number of hydrogen-bond acceptors (Lipinski definition) is 4. The zero-order chi connectivity index (χ0) is 10.5. The summed E-state index contributed by atoms with van der Waals surface area (Å²) < 4.78 is 0. The van der Waals surface area contributed by atoms with Gasteiger partial charge in [0.15, 0.2) is 5.34 Å². The molecule has 0 aliphatic carbocycles. The van der Waals surface area contributed by atoms with Gasteiger partial charge >= 0.3 is 5.97 Å². The van der Waals surface area contributed by atoms with Gasteiger partial charge in [-0.15, -0.1) is 4.91 Å². The van der Waals surface area contributed by atoms with E-state index < -0.39 is 5.97 Å². The lowest BCUT2D eigenvalue weighted by atomic mass is 10.1. The summed E-state index contributed by atoms with van der Waals surface area (Å²) in [4.78, 5) is 18.1. The molecule has 0 saturated carbocycles. The Morgan fingerprint density at radius 3 is 2.08 bits per heavy atom. The number of carbonyl (C=O) groups is 1. The van der Waals surface area contributed by atoms with Crippen LogP contribution in [0.4, 0.5) is 0 Å². The first-order valence-electron chi connectivity index (χ1n) is 4.07. The molecule has 0 fully saturated rings. The van der Waals surface area contributed by atoms with Gasteiger partial charge in [-0.25, -0.2) is 0 Å². The van der Waals surface area contributed by atoms with Crippen LogP contribution in [0.1, 0.15) is 32.1 Å². The Bertz CT molecular complexity index is 130. The Balaban J connectivity index is 0. The lowest BCUT2D eigenvalue weighted by Gasteiger charge is -1.95. The first kappa shape index (κ1) is 14.4. The minimum atomic E-state index is -0.701. The molecule has 0 spiro atoms. The highest BCUT2D eigenvalue weighted by Crippen LogP contribution is 2.01. The van der Waals surface area contributed by atoms with Crippen LogP contribution in [0.25, 0.3) is 0 Å². The van der Waals surface area contributed by atoms with E-state index in [9.17, 15) is 4.79 Å². The summed E-state index contributed by atoms with van der Waals surface area (Å²) in [5.41, 5.74) is 5.25. The van der Waals surface area contributed by atoms with E-state index in [0.717, 1.165) is 25.7 Å². The summed E-state index contributed by atoms with van der Waals surface area (Å²) >= 11 is 0. The fourth-order valence-corrected chi connectivity index (χ4v) is 0.774. The number of nitrogens with zero attached hydrogens (tertiary/aromatic N) is 1. The number of rotatable bonds is 6. The highest BCUT2D eigenvalue weighted by atomic mass is 16.6. The van der Waals surface area contributed by atoms with Gasteiger partial charge in [0.05, 0.1) is 0 Å². The number of hydrogen-bond donors (Lipinski definition) is 3. The molecule has 0 atom stereocenters. The van der Waals surface area contributed by atoms with Gasteiger partial charge in [-0.3, -0.25) is 4.79 Å². The molecule has 4 N–H and O–H groups in total. The van der Waals surface area contributed by atoms with Crippen LogP contribution < -0.4 is 5.73 Å². The van der Waals surface area contributed by atoms with Crippen molar-refractivity contribution in [2.75, 3.05) is 6.54 Å². The fraction of sp³-hybridized carbons (Fsp3) is 0.857. The SMILES string of the molecule is NCCCCCCC(=O)O.O=NO. The van der Waals surface area contributed by atoms with Gasteiger partial charge in [-0.1, -0.05) is 12.8 Å². The lowest BCUT2D eigenvalue weighted by molar-refractivity contribution is -0.137. The molecule has 0 radical (unpaired) electrons. The van der Waals surface area contributed by atoms with Crippen LogP contribution in [0.5, 0.6) is 0 Å². The number of unbranched alkanes of at least 4 members (excludes halogenated alkanes) is 3. The average Bonchev–Trinajstić information content (AvgIpc) is 2.05. The van der Waals surface area contributed by atoms with E-state index in [4.69, 9.17) is 21.0 Å². The molecule has 0 aromatic heterocycles. The summed E-state index contributed by atoms with van der Waals surface area (Å²) in [6.07, 6.45) is 4.15. The third kappa shape index (κ3) is 24.8. The molecule has 78 valence electrons. The topological polar surface area (TPSA) is 113 Å². The summed E-state index contributed by atoms with van der Waals surface area (Å²) in [5, 5.41) is 16.1. The Morgan fingerprint density at radius 1 is 1.23 bits per heavy atom. The number of aliphatic carboxylic acids is 1. The van der Waals surface area contributed by atoms with Gasteiger partial charge in [0.2, 0.25) is 0 Å². The Hall–Kier alpha value is -1.17. The summed E-state index contributed by atoms with van der Waals surface area (Å²) in [6.45, 7) is 0.715. The largest absolute Gasteiger partial charge is 0.481 e. The Kier molecular flexibility index (Phi) is 14.8. The molecule has 0 rings (SSSR count). The standard InChI is InChI=1S/C7H15NO2.HNO2/c8-6-4-2-1-3-5-7(9)10;2-1-3/h1-6,8H2,(H,9,10);(H,2,3). The van der Waals surface area contributed by atoms with E-state index in [1.807, 2.05) is 0 Å². The predicted octanol–water partition coefficient (Wildman–Crippen LogP) is 1.12. The number of carboxylic acids is 1. The summed E-state index contributed by atoms with van der Waals surface area (Å²) in [5.74, 6) is -0.701. The average molecular weight is 192 g/mol. The van der Waals surface area contributed by atoms with Crippen molar-refractivity contribution in [3.63, 3.8) is 0 Å². The van der Waals surface area contributed by atoms with E-state index in [2.05, 4.69) is 0 Å². The Labute approximate surface area is 76.7 Å². The monoisotopic (exact) mass is 192 g/mol. The maximum atomic E-state index is 10.0. The van der Waals surface area contributed by atoms with Gasteiger partial charge in [0.25, 0.3) is 0 Å². The molecule has 0 amide bonds. The van der Waals surface area contributed by atoms with Crippen LogP contribution >= 0.6 is 0 Å². The maximum absolute atomic E-state index is 10.0. The van der Waals surface area contributed by atoms with Gasteiger partial charge in [-0.2, -0.15) is 0 Å². The molecule has 0 bridgehead atoms. The van der Waals surface area contributed by atoms with Crippen molar-refractivity contribution in [2.24, 2.45) is 11.1 Å². The van der Waals surface area contributed by atoms with Crippen molar-refractivity contribution in [3.05, 3.63) is 4.91 Å². The molecule has 6 heteroatoms. The minimum absolute atomic E-state index is 0.296. The quantitative estimate of drug-likeness (QED) is 0.331. The van der Waals surface area contributed by atoms with Crippen LogP contribution in [-0.4, -0.2) is 22.8 Å². The van der Waals surface area contributed by atoms with E-state index in [0.29, 0.717) is 13.0 Å². The molecular formula is C7H16N2O4. The predicted molar refractivity (Wildman–Crippen MR) is 47.4 cm³/mol. The molecule has 0 saturated heterocycles. The molecule has 0 aromatic rings. The highest BCUT2D eigenvalue weighted by Gasteiger charge is 1.94. The van der Waals surface area contributed by atoms with E-state index in [1.54, 1.807) is 0 Å².